The SMILES string of the molecule is CCn1ccnc1SCC(=O)Nc1ccc(C)cc1Cl. The Morgan fingerprint density at radius 2 is 2.30 bits per heavy atom. The lowest BCUT2D eigenvalue weighted by Gasteiger charge is -2.08. The van der Waals surface area contributed by atoms with Gasteiger partial charge in [-0.05, 0) is 31.5 Å². The first-order valence-corrected chi connectivity index (χ1v) is 7.66. The average Bonchev–Trinajstić information content (AvgIpc) is 2.87. The van der Waals surface area contributed by atoms with Crippen LogP contribution in [-0.2, 0) is 11.3 Å². The Morgan fingerprint density at radius 3 is 3.00 bits per heavy atom. The Hall–Kier alpha value is -1.46. The van der Waals surface area contributed by atoms with E-state index in [2.05, 4.69) is 10.3 Å². The van der Waals surface area contributed by atoms with Crippen molar-refractivity contribution in [2.75, 3.05) is 11.1 Å². The summed E-state index contributed by atoms with van der Waals surface area (Å²) >= 11 is 7.49. The highest BCUT2D eigenvalue weighted by Gasteiger charge is 2.09. The molecule has 1 aromatic heterocycles. The van der Waals surface area contributed by atoms with Crippen molar-refractivity contribution in [1.29, 1.82) is 0 Å². The highest BCUT2D eigenvalue weighted by molar-refractivity contribution is 7.99. The lowest BCUT2D eigenvalue weighted by Crippen LogP contribution is -2.14. The van der Waals surface area contributed by atoms with E-state index in [0.717, 1.165) is 17.3 Å². The summed E-state index contributed by atoms with van der Waals surface area (Å²) in [5.74, 6) is 0.215. The number of aryl methyl sites for hydroxylation is 2. The molecule has 0 spiro atoms. The van der Waals surface area contributed by atoms with E-state index in [0.29, 0.717) is 16.5 Å². The van der Waals surface area contributed by atoms with Gasteiger partial charge in [-0.1, -0.05) is 29.4 Å². The van der Waals surface area contributed by atoms with E-state index in [1.54, 1.807) is 6.20 Å². The highest BCUT2D eigenvalue weighted by atomic mass is 35.5. The minimum Gasteiger partial charge on any atom is -0.326 e. The zero-order valence-corrected chi connectivity index (χ0v) is 13.0. The molecule has 0 aliphatic carbocycles. The Kier molecular flexibility index (Phi) is 5.09. The lowest BCUT2D eigenvalue weighted by molar-refractivity contribution is -0.113. The number of nitrogens with zero attached hydrogens (tertiary/aromatic N) is 2. The number of halogens is 1. The van der Waals surface area contributed by atoms with Crippen LogP contribution in [0.25, 0.3) is 0 Å². The third-order valence-corrected chi connectivity index (χ3v) is 4.07. The molecule has 0 atom stereocenters. The maximum absolute atomic E-state index is 11.9. The minimum absolute atomic E-state index is 0.0913. The number of hydrogen-bond acceptors (Lipinski definition) is 3. The van der Waals surface area contributed by atoms with Gasteiger partial charge in [-0.25, -0.2) is 4.98 Å². The number of carbonyl (C=O) groups excluding carboxylic acids is 1. The van der Waals surface area contributed by atoms with Crippen LogP contribution in [0.1, 0.15) is 12.5 Å². The summed E-state index contributed by atoms with van der Waals surface area (Å²) in [4.78, 5) is 16.1. The van der Waals surface area contributed by atoms with Gasteiger partial charge in [0.15, 0.2) is 5.16 Å². The van der Waals surface area contributed by atoms with E-state index in [1.807, 2.05) is 42.8 Å². The molecular formula is C14H16ClN3OS. The molecule has 106 valence electrons. The quantitative estimate of drug-likeness (QED) is 0.859. The molecule has 2 rings (SSSR count). The number of hydrogen-bond donors (Lipinski definition) is 1. The molecule has 0 fully saturated rings. The maximum Gasteiger partial charge on any atom is 0.234 e. The maximum atomic E-state index is 11.9. The predicted octanol–water partition coefficient (Wildman–Crippen LogP) is 3.60. The van der Waals surface area contributed by atoms with E-state index in [1.165, 1.54) is 11.8 Å². The summed E-state index contributed by atoms with van der Waals surface area (Å²) in [6.07, 6.45) is 3.64. The monoisotopic (exact) mass is 309 g/mol. The molecular weight excluding hydrogens is 294 g/mol. The molecule has 1 aromatic carbocycles. The molecule has 0 bridgehead atoms. The van der Waals surface area contributed by atoms with E-state index in [4.69, 9.17) is 11.6 Å². The molecule has 0 saturated heterocycles. The molecule has 4 nitrogen and oxygen atoms in total. The first-order chi connectivity index (χ1) is 9.60. The van der Waals surface area contributed by atoms with Crippen LogP contribution in [0.15, 0.2) is 35.7 Å². The number of carbonyl (C=O) groups is 1. The summed E-state index contributed by atoms with van der Waals surface area (Å²) < 4.78 is 2.00. The van der Waals surface area contributed by atoms with Gasteiger partial charge >= 0.3 is 0 Å². The Balaban J connectivity index is 1.93. The number of nitrogens with one attached hydrogen (secondary N) is 1. The molecule has 1 N–H and O–H groups in total. The molecule has 2 aromatic rings. The topological polar surface area (TPSA) is 46.9 Å². The van der Waals surface area contributed by atoms with Crippen LogP contribution in [0.5, 0.6) is 0 Å². The van der Waals surface area contributed by atoms with Crippen LogP contribution in [-0.4, -0.2) is 21.2 Å². The van der Waals surface area contributed by atoms with Gasteiger partial charge in [0.05, 0.1) is 16.5 Å². The molecule has 1 heterocycles. The van der Waals surface area contributed by atoms with E-state index in [-0.39, 0.29) is 5.91 Å². The van der Waals surface area contributed by atoms with Crippen LogP contribution < -0.4 is 5.32 Å². The smallest absolute Gasteiger partial charge is 0.234 e. The fourth-order valence-corrected chi connectivity index (χ4v) is 2.82. The van der Waals surface area contributed by atoms with Crippen LogP contribution in [0, 0.1) is 6.92 Å². The summed E-state index contributed by atoms with van der Waals surface area (Å²) in [5.41, 5.74) is 1.70. The van der Waals surface area contributed by atoms with E-state index < -0.39 is 0 Å². The van der Waals surface area contributed by atoms with Crippen molar-refractivity contribution in [3.05, 3.63) is 41.2 Å². The van der Waals surface area contributed by atoms with Crippen LogP contribution >= 0.6 is 23.4 Å². The van der Waals surface area contributed by atoms with Gasteiger partial charge in [0.25, 0.3) is 0 Å². The number of amides is 1. The normalized spacial score (nSPS) is 10.6. The van der Waals surface area contributed by atoms with Gasteiger partial charge in [-0.15, -0.1) is 0 Å². The third kappa shape index (κ3) is 3.77. The van der Waals surface area contributed by atoms with Crippen molar-refractivity contribution in [3.63, 3.8) is 0 Å². The second-order valence-corrected chi connectivity index (χ2v) is 5.67. The number of aromatic nitrogens is 2. The summed E-state index contributed by atoms with van der Waals surface area (Å²) in [5, 5.41) is 4.21. The molecule has 1 amide bonds. The fraction of sp³-hybridized carbons (Fsp3) is 0.286. The summed E-state index contributed by atoms with van der Waals surface area (Å²) in [6, 6.07) is 5.56. The van der Waals surface area contributed by atoms with Gasteiger partial charge in [-0.3, -0.25) is 4.79 Å². The predicted molar refractivity (Wildman–Crippen MR) is 83.4 cm³/mol. The van der Waals surface area contributed by atoms with Gasteiger partial charge < -0.3 is 9.88 Å². The van der Waals surface area contributed by atoms with Gasteiger partial charge in [0.1, 0.15) is 0 Å². The average molecular weight is 310 g/mol. The molecule has 0 aliphatic heterocycles. The molecule has 0 radical (unpaired) electrons. The van der Waals surface area contributed by atoms with Crippen LogP contribution in [0.3, 0.4) is 0 Å². The van der Waals surface area contributed by atoms with Crippen molar-refractivity contribution in [2.45, 2.75) is 25.5 Å². The third-order valence-electron chi connectivity index (χ3n) is 2.75. The van der Waals surface area contributed by atoms with Crippen LogP contribution in [0.4, 0.5) is 5.69 Å². The van der Waals surface area contributed by atoms with Crippen molar-refractivity contribution in [2.24, 2.45) is 0 Å². The molecule has 20 heavy (non-hydrogen) atoms. The molecule has 0 unspecified atom stereocenters. The number of imidazole rings is 1. The summed E-state index contributed by atoms with van der Waals surface area (Å²) in [7, 11) is 0. The van der Waals surface area contributed by atoms with Crippen LogP contribution in [0.2, 0.25) is 5.02 Å². The van der Waals surface area contributed by atoms with Gasteiger partial charge in [-0.2, -0.15) is 0 Å². The largest absolute Gasteiger partial charge is 0.326 e. The first-order valence-electron chi connectivity index (χ1n) is 6.30. The Bertz CT molecular complexity index is 612. The summed E-state index contributed by atoms with van der Waals surface area (Å²) in [6.45, 7) is 4.84. The van der Waals surface area contributed by atoms with Crippen molar-refractivity contribution in [3.8, 4) is 0 Å². The fourth-order valence-electron chi connectivity index (χ4n) is 1.71. The molecule has 0 aliphatic rings. The Labute approximate surface area is 127 Å². The van der Waals surface area contributed by atoms with Crippen molar-refractivity contribution >= 4 is 35.0 Å². The van der Waals surface area contributed by atoms with E-state index >= 15 is 0 Å². The van der Waals surface area contributed by atoms with Gasteiger partial charge in [0.2, 0.25) is 5.91 Å². The Morgan fingerprint density at radius 1 is 1.50 bits per heavy atom. The number of rotatable bonds is 5. The zero-order chi connectivity index (χ0) is 14.5. The van der Waals surface area contributed by atoms with Gasteiger partial charge in [0, 0.05) is 18.9 Å². The number of thioether (sulfide) groups is 1. The number of benzene rings is 1. The number of anilines is 1. The lowest BCUT2D eigenvalue weighted by atomic mass is 10.2. The van der Waals surface area contributed by atoms with Crippen molar-refractivity contribution < 1.29 is 4.79 Å². The molecule has 0 saturated carbocycles. The van der Waals surface area contributed by atoms with E-state index in [9.17, 15) is 4.79 Å². The molecule has 6 heteroatoms. The standard InChI is InChI=1S/C14H16ClN3OS/c1-3-18-7-6-16-14(18)20-9-13(19)17-12-5-4-10(2)8-11(12)15/h4-8H,3,9H2,1-2H3,(H,17,19). The van der Waals surface area contributed by atoms with Crippen molar-refractivity contribution in [1.82, 2.24) is 9.55 Å². The second-order valence-electron chi connectivity index (χ2n) is 4.32. The first kappa shape index (κ1) is 14.9. The minimum atomic E-state index is -0.0913. The highest BCUT2D eigenvalue weighted by Crippen LogP contribution is 2.23. The zero-order valence-electron chi connectivity index (χ0n) is 11.4. The second kappa shape index (κ2) is 6.81.